The standard InChI is InChI=1S/C16H27N3O3/c1-15(2)7-12-8-16(3,9-15)10-19(12)14(22)13(21)18-6-4-5-17-11-20/h11-12H,4-10H2,1-3H3,(H,17,20)(H,18,21). The van der Waals surface area contributed by atoms with E-state index in [2.05, 4.69) is 31.4 Å². The Morgan fingerprint density at radius 2 is 1.95 bits per heavy atom. The molecule has 6 heteroatoms. The third-order valence-corrected chi connectivity index (χ3v) is 4.74. The smallest absolute Gasteiger partial charge is 0.312 e. The average Bonchev–Trinajstić information content (AvgIpc) is 2.66. The predicted molar refractivity (Wildman–Crippen MR) is 82.9 cm³/mol. The molecule has 1 aliphatic heterocycles. The van der Waals surface area contributed by atoms with Crippen molar-refractivity contribution < 1.29 is 14.4 Å². The van der Waals surface area contributed by atoms with Gasteiger partial charge >= 0.3 is 11.8 Å². The molecule has 2 rings (SSSR count). The molecule has 2 bridgehead atoms. The minimum absolute atomic E-state index is 0.135. The predicted octanol–water partition coefficient (Wildman–Crippen LogP) is 0.666. The molecule has 2 aliphatic rings. The zero-order valence-electron chi connectivity index (χ0n) is 13.8. The van der Waals surface area contributed by atoms with Gasteiger partial charge in [0.2, 0.25) is 6.41 Å². The molecule has 0 aromatic carbocycles. The van der Waals surface area contributed by atoms with Crippen LogP contribution in [0.1, 0.15) is 46.5 Å². The van der Waals surface area contributed by atoms with Crippen molar-refractivity contribution in [2.45, 2.75) is 52.5 Å². The van der Waals surface area contributed by atoms with Crippen LogP contribution < -0.4 is 10.6 Å². The Hall–Kier alpha value is -1.59. The molecule has 1 saturated carbocycles. The first kappa shape index (κ1) is 16.8. The SMILES string of the molecule is CC1(C)CC2CC(C)(CN2C(=O)C(=O)NCCCNC=O)C1. The topological polar surface area (TPSA) is 78.5 Å². The van der Waals surface area contributed by atoms with E-state index in [-0.39, 0.29) is 16.9 Å². The van der Waals surface area contributed by atoms with Gasteiger partial charge in [0, 0.05) is 25.7 Å². The maximum absolute atomic E-state index is 12.4. The highest BCUT2D eigenvalue weighted by Gasteiger charge is 2.51. The number of hydrogen-bond donors (Lipinski definition) is 2. The fourth-order valence-electron chi connectivity index (χ4n) is 4.35. The molecule has 22 heavy (non-hydrogen) atoms. The second-order valence-corrected chi connectivity index (χ2v) is 7.83. The van der Waals surface area contributed by atoms with Crippen LogP contribution in [0.25, 0.3) is 0 Å². The van der Waals surface area contributed by atoms with Gasteiger partial charge in [0.15, 0.2) is 0 Å². The third-order valence-electron chi connectivity index (χ3n) is 4.74. The Kier molecular flexibility index (Phi) is 4.78. The van der Waals surface area contributed by atoms with Gasteiger partial charge in [0.05, 0.1) is 0 Å². The van der Waals surface area contributed by atoms with Crippen LogP contribution in [-0.4, -0.2) is 48.8 Å². The molecule has 6 nitrogen and oxygen atoms in total. The molecule has 1 saturated heterocycles. The number of carbonyl (C=O) groups excluding carboxylic acids is 3. The van der Waals surface area contributed by atoms with E-state index < -0.39 is 11.8 Å². The second-order valence-electron chi connectivity index (χ2n) is 7.83. The van der Waals surface area contributed by atoms with Crippen molar-refractivity contribution in [3.05, 3.63) is 0 Å². The Morgan fingerprint density at radius 1 is 1.23 bits per heavy atom. The molecule has 0 aromatic rings. The molecule has 2 fully saturated rings. The quantitative estimate of drug-likeness (QED) is 0.445. The summed E-state index contributed by atoms with van der Waals surface area (Å²) in [5.41, 5.74) is 0.361. The van der Waals surface area contributed by atoms with Gasteiger partial charge in [-0.2, -0.15) is 0 Å². The number of hydrogen-bond acceptors (Lipinski definition) is 3. The summed E-state index contributed by atoms with van der Waals surface area (Å²) in [6, 6.07) is 0.184. The Morgan fingerprint density at radius 3 is 2.64 bits per heavy atom. The molecular formula is C16H27N3O3. The number of likely N-dealkylation sites (tertiary alicyclic amines) is 1. The number of amides is 3. The lowest BCUT2D eigenvalue weighted by Crippen LogP contribution is -2.46. The summed E-state index contributed by atoms with van der Waals surface area (Å²) in [6.07, 6.45) is 4.30. The van der Waals surface area contributed by atoms with Crippen LogP contribution in [0.5, 0.6) is 0 Å². The van der Waals surface area contributed by atoms with Crippen LogP contribution in [0.3, 0.4) is 0 Å². The monoisotopic (exact) mass is 309 g/mol. The van der Waals surface area contributed by atoms with Gasteiger partial charge in [-0.3, -0.25) is 14.4 Å². The van der Waals surface area contributed by atoms with Gasteiger partial charge in [-0.05, 0) is 36.5 Å². The van der Waals surface area contributed by atoms with E-state index in [1.54, 1.807) is 4.90 Å². The summed E-state index contributed by atoms with van der Waals surface area (Å²) in [7, 11) is 0. The van der Waals surface area contributed by atoms with Gasteiger partial charge in [-0.15, -0.1) is 0 Å². The molecule has 0 aromatic heterocycles. The van der Waals surface area contributed by atoms with Crippen molar-refractivity contribution in [1.82, 2.24) is 15.5 Å². The van der Waals surface area contributed by atoms with Crippen molar-refractivity contribution in [2.75, 3.05) is 19.6 Å². The maximum atomic E-state index is 12.4. The van der Waals surface area contributed by atoms with E-state index in [4.69, 9.17) is 0 Å². The maximum Gasteiger partial charge on any atom is 0.312 e. The highest BCUT2D eigenvalue weighted by atomic mass is 16.2. The normalized spacial score (nSPS) is 29.0. The van der Waals surface area contributed by atoms with Crippen LogP contribution >= 0.6 is 0 Å². The van der Waals surface area contributed by atoms with Crippen molar-refractivity contribution >= 4 is 18.2 Å². The summed E-state index contributed by atoms with van der Waals surface area (Å²) < 4.78 is 0. The first-order valence-electron chi connectivity index (χ1n) is 8.02. The van der Waals surface area contributed by atoms with E-state index in [1.165, 1.54) is 0 Å². The number of fused-ring (bicyclic) bond motifs is 2. The highest BCUT2D eigenvalue weighted by Crippen LogP contribution is 2.52. The van der Waals surface area contributed by atoms with Crippen LogP contribution in [0.15, 0.2) is 0 Å². The van der Waals surface area contributed by atoms with E-state index in [0.717, 1.165) is 19.3 Å². The Labute approximate surface area is 132 Å². The summed E-state index contributed by atoms with van der Waals surface area (Å²) >= 11 is 0. The molecule has 2 atom stereocenters. The number of rotatable bonds is 5. The van der Waals surface area contributed by atoms with Crippen molar-refractivity contribution in [3.8, 4) is 0 Å². The molecule has 1 heterocycles. The van der Waals surface area contributed by atoms with Gasteiger partial charge in [0.25, 0.3) is 0 Å². The molecule has 2 N–H and O–H groups in total. The lowest BCUT2D eigenvalue weighted by Gasteiger charge is -2.39. The minimum atomic E-state index is -0.528. The van der Waals surface area contributed by atoms with Crippen molar-refractivity contribution in [2.24, 2.45) is 10.8 Å². The Bertz CT molecular complexity index is 464. The zero-order valence-corrected chi connectivity index (χ0v) is 13.8. The summed E-state index contributed by atoms with van der Waals surface area (Å²) in [4.78, 5) is 36.3. The van der Waals surface area contributed by atoms with Crippen LogP contribution in [0, 0.1) is 10.8 Å². The van der Waals surface area contributed by atoms with E-state index in [9.17, 15) is 14.4 Å². The third kappa shape index (κ3) is 3.78. The number of carbonyl (C=O) groups is 3. The lowest BCUT2D eigenvalue weighted by molar-refractivity contribution is -0.146. The molecule has 1 aliphatic carbocycles. The van der Waals surface area contributed by atoms with Crippen molar-refractivity contribution in [3.63, 3.8) is 0 Å². The van der Waals surface area contributed by atoms with Crippen LogP contribution in [0.4, 0.5) is 0 Å². The first-order valence-corrected chi connectivity index (χ1v) is 8.02. The summed E-state index contributed by atoms with van der Waals surface area (Å²) in [6.45, 7) is 8.28. The molecular weight excluding hydrogens is 282 g/mol. The Balaban J connectivity index is 1.88. The first-order chi connectivity index (χ1) is 10.3. The van der Waals surface area contributed by atoms with Crippen LogP contribution in [-0.2, 0) is 14.4 Å². The molecule has 124 valence electrons. The largest absolute Gasteiger partial charge is 0.359 e. The fraction of sp³-hybridized carbons (Fsp3) is 0.812. The molecule has 3 amide bonds. The van der Waals surface area contributed by atoms with Gasteiger partial charge in [-0.1, -0.05) is 20.8 Å². The summed E-state index contributed by atoms with van der Waals surface area (Å²) in [5, 5.41) is 5.17. The minimum Gasteiger partial charge on any atom is -0.359 e. The van der Waals surface area contributed by atoms with Crippen LogP contribution in [0.2, 0.25) is 0 Å². The van der Waals surface area contributed by atoms with E-state index >= 15 is 0 Å². The van der Waals surface area contributed by atoms with Crippen molar-refractivity contribution in [1.29, 1.82) is 0 Å². The van der Waals surface area contributed by atoms with Gasteiger partial charge in [-0.25, -0.2) is 0 Å². The fourth-order valence-corrected chi connectivity index (χ4v) is 4.35. The molecule has 0 radical (unpaired) electrons. The van der Waals surface area contributed by atoms with Gasteiger partial charge in [0.1, 0.15) is 0 Å². The number of nitrogens with zero attached hydrogens (tertiary/aromatic N) is 1. The molecule has 2 unspecified atom stereocenters. The second kappa shape index (κ2) is 6.26. The highest BCUT2D eigenvalue weighted by molar-refractivity contribution is 6.35. The number of nitrogens with one attached hydrogen (secondary N) is 2. The molecule has 0 spiro atoms. The average molecular weight is 309 g/mol. The van der Waals surface area contributed by atoms with E-state index in [0.29, 0.717) is 32.5 Å². The van der Waals surface area contributed by atoms with E-state index in [1.807, 2.05) is 0 Å². The zero-order chi connectivity index (χ0) is 16.4. The lowest BCUT2D eigenvalue weighted by atomic mass is 9.65. The summed E-state index contributed by atoms with van der Waals surface area (Å²) in [5.74, 6) is -0.935. The van der Waals surface area contributed by atoms with Gasteiger partial charge < -0.3 is 15.5 Å².